The van der Waals surface area contributed by atoms with Gasteiger partial charge in [-0.15, -0.1) is 0 Å². The molecule has 0 atom stereocenters. The molecule has 0 heterocycles. The summed E-state index contributed by atoms with van der Waals surface area (Å²) in [6.07, 6.45) is 0. The lowest BCUT2D eigenvalue weighted by molar-refractivity contribution is -0.140. The zero-order chi connectivity index (χ0) is 13.5. The smallest absolute Gasteiger partial charge is 0.302 e. The Morgan fingerprint density at radius 1 is 1.33 bits per heavy atom. The summed E-state index contributed by atoms with van der Waals surface area (Å²) >= 11 is 0. The van der Waals surface area contributed by atoms with Gasteiger partial charge in [0.15, 0.2) is 0 Å². The first kappa shape index (κ1) is 14.0. The van der Waals surface area contributed by atoms with Crippen LogP contribution in [0.15, 0.2) is 24.3 Å². The molecule has 5 nitrogen and oxygen atoms in total. The maximum atomic E-state index is 11.0. The fourth-order valence-electron chi connectivity index (χ4n) is 1.48. The van der Waals surface area contributed by atoms with E-state index in [0.29, 0.717) is 13.2 Å². The van der Waals surface area contributed by atoms with Gasteiger partial charge in [0.25, 0.3) is 0 Å². The molecule has 0 saturated heterocycles. The van der Waals surface area contributed by atoms with E-state index in [2.05, 4.69) is 5.32 Å². The van der Waals surface area contributed by atoms with Gasteiger partial charge in [-0.25, -0.2) is 0 Å². The molecule has 1 amide bonds. The summed E-state index contributed by atoms with van der Waals surface area (Å²) in [5.74, 6) is -0.384. The van der Waals surface area contributed by atoms with Crippen LogP contribution < -0.4 is 10.2 Å². The molecule has 0 unspecified atom stereocenters. The molecule has 18 heavy (non-hydrogen) atoms. The van der Waals surface area contributed by atoms with Crippen molar-refractivity contribution in [2.75, 3.05) is 30.4 Å². The van der Waals surface area contributed by atoms with Crippen molar-refractivity contribution in [3.8, 4) is 0 Å². The molecule has 0 spiro atoms. The molecule has 5 heteroatoms. The number of carbonyl (C=O) groups excluding carboxylic acids is 2. The van der Waals surface area contributed by atoms with Crippen molar-refractivity contribution in [1.82, 2.24) is 0 Å². The number of carbonyl (C=O) groups is 2. The monoisotopic (exact) mass is 250 g/mol. The minimum absolute atomic E-state index is 0.102. The zero-order valence-corrected chi connectivity index (χ0v) is 10.9. The molecule has 0 radical (unpaired) electrons. The van der Waals surface area contributed by atoms with Crippen molar-refractivity contribution < 1.29 is 14.3 Å². The third-order valence-corrected chi connectivity index (χ3v) is 2.34. The number of esters is 1. The van der Waals surface area contributed by atoms with E-state index in [0.717, 1.165) is 11.4 Å². The lowest BCUT2D eigenvalue weighted by Crippen LogP contribution is -2.23. The van der Waals surface area contributed by atoms with E-state index in [-0.39, 0.29) is 11.9 Å². The van der Waals surface area contributed by atoms with Crippen molar-refractivity contribution in [3.05, 3.63) is 24.3 Å². The second-order valence-corrected chi connectivity index (χ2v) is 3.99. The van der Waals surface area contributed by atoms with Crippen molar-refractivity contribution in [2.45, 2.75) is 13.8 Å². The lowest BCUT2D eigenvalue weighted by atomic mass is 10.2. The molecule has 1 aromatic carbocycles. The second-order valence-electron chi connectivity index (χ2n) is 3.99. The summed E-state index contributed by atoms with van der Waals surface area (Å²) in [6.45, 7) is 3.80. The first-order chi connectivity index (χ1) is 8.49. The summed E-state index contributed by atoms with van der Waals surface area (Å²) in [5.41, 5.74) is 1.70. The second kappa shape index (κ2) is 6.64. The van der Waals surface area contributed by atoms with Crippen LogP contribution in [0.3, 0.4) is 0 Å². The Labute approximate surface area is 107 Å². The molecule has 1 aromatic rings. The average molecular weight is 250 g/mol. The molecule has 0 aliphatic rings. The summed E-state index contributed by atoms with van der Waals surface area (Å²) in [5, 5.41) is 2.72. The van der Waals surface area contributed by atoms with Crippen LogP contribution in [0.1, 0.15) is 13.8 Å². The van der Waals surface area contributed by atoms with Gasteiger partial charge in [0, 0.05) is 32.3 Å². The first-order valence-electron chi connectivity index (χ1n) is 5.71. The molecule has 0 fully saturated rings. The third-order valence-electron chi connectivity index (χ3n) is 2.34. The number of rotatable bonds is 5. The number of benzene rings is 1. The van der Waals surface area contributed by atoms with Gasteiger partial charge in [-0.3, -0.25) is 9.59 Å². The van der Waals surface area contributed by atoms with E-state index in [1.54, 1.807) is 0 Å². The maximum Gasteiger partial charge on any atom is 0.302 e. The van der Waals surface area contributed by atoms with Crippen LogP contribution in [0.5, 0.6) is 0 Å². The van der Waals surface area contributed by atoms with E-state index < -0.39 is 0 Å². The predicted octanol–water partition coefficient (Wildman–Crippen LogP) is 1.64. The largest absolute Gasteiger partial charge is 0.464 e. The Morgan fingerprint density at radius 2 is 2.06 bits per heavy atom. The van der Waals surface area contributed by atoms with Crippen molar-refractivity contribution in [1.29, 1.82) is 0 Å². The molecule has 0 aliphatic heterocycles. The van der Waals surface area contributed by atoms with E-state index in [4.69, 9.17) is 4.74 Å². The summed E-state index contributed by atoms with van der Waals surface area (Å²) < 4.78 is 4.88. The Morgan fingerprint density at radius 3 is 2.67 bits per heavy atom. The highest BCUT2D eigenvalue weighted by Gasteiger charge is 2.03. The van der Waals surface area contributed by atoms with Gasteiger partial charge in [-0.05, 0) is 18.2 Å². The van der Waals surface area contributed by atoms with Gasteiger partial charge >= 0.3 is 5.97 Å². The number of nitrogens with zero attached hydrogens (tertiary/aromatic N) is 1. The predicted molar refractivity (Wildman–Crippen MR) is 70.6 cm³/mol. The van der Waals surface area contributed by atoms with Gasteiger partial charge in [0.05, 0.1) is 6.54 Å². The maximum absolute atomic E-state index is 11.0. The highest BCUT2D eigenvalue weighted by molar-refractivity contribution is 5.89. The fraction of sp³-hybridized carbons (Fsp3) is 0.385. The number of likely N-dealkylation sites (N-methyl/N-ethyl adjacent to an activating group) is 1. The van der Waals surface area contributed by atoms with Gasteiger partial charge in [0.2, 0.25) is 5.91 Å². The quantitative estimate of drug-likeness (QED) is 0.807. The normalized spacial score (nSPS) is 9.72. The van der Waals surface area contributed by atoms with Gasteiger partial charge in [-0.2, -0.15) is 0 Å². The summed E-state index contributed by atoms with van der Waals surface area (Å²) in [6, 6.07) is 7.49. The number of amides is 1. The van der Waals surface area contributed by atoms with Crippen LogP contribution in [0, 0.1) is 0 Å². The minimum atomic E-state index is -0.282. The molecule has 98 valence electrons. The Hall–Kier alpha value is -2.04. The van der Waals surface area contributed by atoms with E-state index >= 15 is 0 Å². The number of hydrogen-bond acceptors (Lipinski definition) is 4. The van der Waals surface area contributed by atoms with E-state index in [1.165, 1.54) is 13.8 Å². The van der Waals surface area contributed by atoms with Gasteiger partial charge in [-0.1, -0.05) is 6.07 Å². The Bertz CT molecular complexity index is 432. The SMILES string of the molecule is CC(=O)Nc1cccc(N(C)CCOC(C)=O)c1. The van der Waals surface area contributed by atoms with Gasteiger partial charge in [0.1, 0.15) is 6.61 Å². The summed E-state index contributed by atoms with van der Waals surface area (Å²) in [4.78, 5) is 23.6. The number of anilines is 2. The van der Waals surface area contributed by atoms with Crippen molar-refractivity contribution in [3.63, 3.8) is 0 Å². The van der Waals surface area contributed by atoms with Crippen LogP contribution >= 0.6 is 0 Å². The van der Waals surface area contributed by atoms with E-state index in [1.807, 2.05) is 36.2 Å². The molecule has 0 aliphatic carbocycles. The highest BCUT2D eigenvalue weighted by Crippen LogP contribution is 2.18. The Kier molecular flexibility index (Phi) is 5.17. The highest BCUT2D eigenvalue weighted by atomic mass is 16.5. The molecule has 0 bridgehead atoms. The first-order valence-corrected chi connectivity index (χ1v) is 5.71. The van der Waals surface area contributed by atoms with Gasteiger partial charge < -0.3 is 15.0 Å². The topological polar surface area (TPSA) is 58.6 Å². The summed E-state index contributed by atoms with van der Waals surface area (Å²) in [7, 11) is 1.90. The molecule has 0 aromatic heterocycles. The lowest BCUT2D eigenvalue weighted by Gasteiger charge is -2.19. The van der Waals surface area contributed by atoms with Crippen molar-refractivity contribution in [2.24, 2.45) is 0 Å². The standard InChI is InChI=1S/C13H18N2O3/c1-10(16)14-12-5-4-6-13(9-12)15(3)7-8-18-11(2)17/h4-6,9H,7-8H2,1-3H3,(H,14,16). The van der Waals surface area contributed by atoms with Crippen LogP contribution in [0.25, 0.3) is 0 Å². The molecular formula is C13H18N2O3. The van der Waals surface area contributed by atoms with Crippen LogP contribution in [-0.4, -0.2) is 32.1 Å². The molecule has 1 rings (SSSR count). The van der Waals surface area contributed by atoms with Crippen LogP contribution in [-0.2, 0) is 14.3 Å². The zero-order valence-electron chi connectivity index (χ0n) is 10.9. The van der Waals surface area contributed by atoms with E-state index in [9.17, 15) is 9.59 Å². The molecule has 1 N–H and O–H groups in total. The minimum Gasteiger partial charge on any atom is -0.464 e. The Balaban J connectivity index is 2.59. The number of hydrogen-bond donors (Lipinski definition) is 1. The third kappa shape index (κ3) is 4.86. The number of nitrogens with one attached hydrogen (secondary N) is 1. The van der Waals surface area contributed by atoms with Crippen LogP contribution in [0.2, 0.25) is 0 Å². The van der Waals surface area contributed by atoms with Crippen molar-refractivity contribution >= 4 is 23.3 Å². The van der Waals surface area contributed by atoms with Crippen LogP contribution in [0.4, 0.5) is 11.4 Å². The molecular weight excluding hydrogens is 232 g/mol. The molecule has 0 saturated carbocycles. The average Bonchev–Trinajstić information content (AvgIpc) is 2.27. The number of ether oxygens (including phenoxy) is 1. The fourth-order valence-corrected chi connectivity index (χ4v) is 1.48.